The van der Waals surface area contributed by atoms with Crippen molar-refractivity contribution in [3.05, 3.63) is 117 Å². The second-order valence-corrected chi connectivity index (χ2v) is 15.0. The topological polar surface area (TPSA) is 281 Å². The SMILES string of the molecule is Nc1ccc2c(c1)C=C(S(=O)(=O)[O-])/C(=N\Nc1ccc(-c3ccc(N/N=C4\C(=O)c5ccc(S(=O)(=O)[O-])cc5C=C4S(=O)(=O)[O-])cc3)cc1)C2=O.[Na+].[Na+].[Na+]. The molecule has 0 atom stereocenters. The van der Waals surface area contributed by atoms with Gasteiger partial charge in [-0.05, 0) is 95.1 Å². The zero-order valence-electron chi connectivity index (χ0n) is 28.4. The number of nitrogens with one attached hydrogen (secondary N) is 2. The summed E-state index contributed by atoms with van der Waals surface area (Å²) in [4.78, 5) is 23.6. The van der Waals surface area contributed by atoms with Crippen LogP contribution in [0, 0.1) is 0 Å². The first-order chi connectivity index (χ1) is 23.9. The standard InChI is InChI=1S/C32H23N5O11S3.3Na/c33-21-5-11-25-19(13-21)15-27(50(43,44)45)29(31(25)38)36-34-22-6-1-17(2-7-22)18-3-8-23(9-4-18)35-37-30-28(51(46,47)48)16-20-14-24(49(40,41)42)10-12-26(20)32(30)39;;;/h1-16,34-35H,33H2,(H,40,41,42)(H,43,44,45)(H,46,47,48);;;/q;3*+1/p-3/b36-29+,37-30-;;;. The maximum Gasteiger partial charge on any atom is 1.00 e. The smallest absolute Gasteiger partial charge is 0.744 e. The van der Waals surface area contributed by atoms with E-state index in [0.29, 0.717) is 16.8 Å². The quantitative estimate of drug-likeness (QED) is 0.0647. The van der Waals surface area contributed by atoms with E-state index < -0.39 is 68.0 Å². The first kappa shape index (κ1) is 45.6. The number of carbonyl (C=O) groups excluding carboxylic acids is 2. The number of nitrogen functional groups attached to an aromatic ring is 1. The van der Waals surface area contributed by atoms with Gasteiger partial charge in [-0.3, -0.25) is 20.4 Å². The molecule has 0 amide bonds. The number of anilines is 3. The van der Waals surface area contributed by atoms with Crippen molar-refractivity contribution in [3.63, 3.8) is 0 Å². The zero-order valence-corrected chi connectivity index (χ0v) is 36.9. The second kappa shape index (κ2) is 17.5. The average Bonchev–Trinajstić information content (AvgIpc) is 3.06. The van der Waals surface area contributed by atoms with E-state index in [1.165, 1.54) is 30.3 Å². The van der Waals surface area contributed by atoms with Crippen LogP contribution in [0.5, 0.6) is 0 Å². The maximum absolute atomic E-state index is 13.1. The van der Waals surface area contributed by atoms with Crippen molar-refractivity contribution < 1.29 is 137 Å². The molecule has 6 rings (SSSR count). The Labute approximate surface area is 375 Å². The molecule has 4 N–H and O–H groups in total. The summed E-state index contributed by atoms with van der Waals surface area (Å²) in [6.45, 7) is 0. The Morgan fingerprint density at radius 3 is 1.30 bits per heavy atom. The van der Waals surface area contributed by atoms with Gasteiger partial charge < -0.3 is 19.4 Å². The van der Waals surface area contributed by atoms with Gasteiger partial charge in [0.1, 0.15) is 41.8 Å². The number of hydrogen-bond acceptors (Lipinski definition) is 16. The minimum Gasteiger partial charge on any atom is -0.744 e. The molecule has 16 nitrogen and oxygen atoms in total. The normalized spacial score (nSPS) is 15.4. The average molecular weight is 816 g/mol. The third kappa shape index (κ3) is 9.93. The fourth-order valence-electron chi connectivity index (χ4n) is 5.14. The molecule has 4 aromatic carbocycles. The first-order valence-corrected chi connectivity index (χ1v) is 18.5. The number of hydrazone groups is 2. The summed E-state index contributed by atoms with van der Waals surface area (Å²) in [5, 5.41) is 7.77. The number of Topliss-reactive ketones (excluding diaryl/α,β-unsaturated/α-hetero) is 2. The molecule has 2 aliphatic rings. The number of rotatable bonds is 8. The van der Waals surface area contributed by atoms with Crippen molar-refractivity contribution in [2.45, 2.75) is 4.90 Å². The van der Waals surface area contributed by atoms with Crippen LogP contribution in [-0.2, 0) is 30.4 Å². The van der Waals surface area contributed by atoms with Gasteiger partial charge in [0.15, 0.2) is 0 Å². The largest absolute Gasteiger partial charge is 1.00 e. The Morgan fingerprint density at radius 1 is 0.519 bits per heavy atom. The summed E-state index contributed by atoms with van der Waals surface area (Å²) in [7, 11) is -15.3. The molecule has 22 heteroatoms. The predicted octanol–water partition coefficient (Wildman–Crippen LogP) is -6.05. The first-order valence-electron chi connectivity index (χ1n) is 14.2. The molecule has 0 fully saturated rings. The van der Waals surface area contributed by atoms with Crippen molar-refractivity contribution >= 4 is 82.6 Å². The Morgan fingerprint density at radius 2 is 0.907 bits per heavy atom. The number of benzene rings is 4. The number of hydrogen-bond donors (Lipinski definition) is 3. The fraction of sp³-hybridized carbons (Fsp3) is 0. The third-order valence-electron chi connectivity index (χ3n) is 7.58. The molecule has 0 aromatic heterocycles. The van der Waals surface area contributed by atoms with E-state index in [1.807, 2.05) is 0 Å². The molecule has 0 radical (unpaired) electrons. The van der Waals surface area contributed by atoms with Crippen LogP contribution in [0.1, 0.15) is 31.8 Å². The Kier molecular flexibility index (Phi) is 14.8. The number of nitrogens with zero attached hydrogens (tertiary/aromatic N) is 2. The molecule has 0 heterocycles. The summed E-state index contributed by atoms with van der Waals surface area (Å²) in [5.74, 6) is -1.78. The van der Waals surface area contributed by atoms with E-state index in [9.17, 15) is 48.5 Å². The summed E-state index contributed by atoms with van der Waals surface area (Å²) in [5.41, 5.74) is 11.7. The fourth-order valence-corrected chi connectivity index (χ4v) is 6.94. The van der Waals surface area contributed by atoms with Crippen molar-refractivity contribution in [2.75, 3.05) is 16.6 Å². The monoisotopic (exact) mass is 815 g/mol. The number of carbonyl (C=O) groups is 2. The number of fused-ring (bicyclic) bond motifs is 2. The minimum atomic E-state index is -5.27. The van der Waals surface area contributed by atoms with Crippen molar-refractivity contribution in [1.29, 1.82) is 0 Å². The van der Waals surface area contributed by atoms with Gasteiger partial charge in [-0.15, -0.1) is 0 Å². The van der Waals surface area contributed by atoms with Crippen LogP contribution < -0.4 is 105 Å². The second-order valence-electron chi connectivity index (χ2n) is 10.9. The van der Waals surface area contributed by atoms with Crippen molar-refractivity contribution in [2.24, 2.45) is 10.2 Å². The molecule has 0 saturated heterocycles. The summed E-state index contributed by atoms with van der Waals surface area (Å²) < 4.78 is 106. The van der Waals surface area contributed by atoms with Gasteiger partial charge in [0.05, 0.1) is 26.1 Å². The van der Waals surface area contributed by atoms with E-state index >= 15 is 0 Å². The Balaban J connectivity index is 0.00000261. The van der Waals surface area contributed by atoms with Gasteiger partial charge in [-0.1, -0.05) is 24.3 Å². The minimum absolute atomic E-state index is 0. The molecule has 0 bridgehead atoms. The predicted molar refractivity (Wildman–Crippen MR) is 183 cm³/mol. The third-order valence-corrected chi connectivity index (χ3v) is 10.1. The van der Waals surface area contributed by atoms with E-state index in [-0.39, 0.29) is 122 Å². The molecule has 2 aliphatic carbocycles. The van der Waals surface area contributed by atoms with Crippen LogP contribution in [0.2, 0.25) is 0 Å². The van der Waals surface area contributed by atoms with E-state index in [2.05, 4.69) is 21.1 Å². The van der Waals surface area contributed by atoms with Crippen molar-refractivity contribution in [1.82, 2.24) is 0 Å². The van der Waals surface area contributed by atoms with Crippen LogP contribution in [-0.4, -0.2) is 61.9 Å². The molecule has 0 saturated carbocycles. The summed E-state index contributed by atoms with van der Waals surface area (Å²) >= 11 is 0. The number of ketones is 2. The molecule has 54 heavy (non-hydrogen) atoms. The van der Waals surface area contributed by atoms with E-state index in [1.54, 1.807) is 36.4 Å². The molecule has 0 spiro atoms. The van der Waals surface area contributed by atoms with Gasteiger partial charge in [-0.2, -0.15) is 10.2 Å². The molecular weight excluding hydrogens is 796 g/mol. The molecule has 0 aliphatic heterocycles. The van der Waals surface area contributed by atoms with Gasteiger partial charge in [-0.25, -0.2) is 25.3 Å². The van der Waals surface area contributed by atoms with Gasteiger partial charge >= 0.3 is 88.7 Å². The Hall–Kier alpha value is -2.83. The van der Waals surface area contributed by atoms with Crippen LogP contribution in [0.25, 0.3) is 23.3 Å². The van der Waals surface area contributed by atoms with E-state index in [4.69, 9.17) is 5.73 Å². The number of nitrogens with two attached hydrogens (primary N) is 1. The van der Waals surface area contributed by atoms with Crippen LogP contribution in [0.3, 0.4) is 0 Å². The maximum atomic E-state index is 13.1. The van der Waals surface area contributed by atoms with Gasteiger partial charge in [0.25, 0.3) is 0 Å². The molecule has 260 valence electrons. The summed E-state index contributed by atoms with van der Waals surface area (Å²) in [6, 6.07) is 19.8. The molecular formula is C32H20N5Na3O11S3. The van der Waals surface area contributed by atoms with E-state index in [0.717, 1.165) is 30.4 Å². The van der Waals surface area contributed by atoms with Gasteiger partial charge in [0, 0.05) is 16.8 Å². The van der Waals surface area contributed by atoms with Crippen LogP contribution >= 0.6 is 0 Å². The number of allylic oxidation sites excluding steroid dienone is 2. The van der Waals surface area contributed by atoms with Crippen LogP contribution in [0.4, 0.5) is 17.1 Å². The van der Waals surface area contributed by atoms with Gasteiger partial charge in [0.2, 0.25) is 11.6 Å². The van der Waals surface area contributed by atoms with Crippen LogP contribution in [0.15, 0.2) is 110 Å². The molecule has 0 unspecified atom stereocenters. The summed E-state index contributed by atoms with van der Waals surface area (Å²) in [6.07, 6.45) is 1.81. The van der Waals surface area contributed by atoms with Crippen molar-refractivity contribution in [3.8, 4) is 11.1 Å². The Bertz CT molecular complexity index is 2650. The zero-order chi connectivity index (χ0) is 36.9. The molecule has 4 aromatic rings.